The molecule has 3 rings (SSSR count). The molecule has 1 N–H and O–H groups in total. The molecule has 1 atom stereocenters. The Kier molecular flexibility index (Phi) is 9.30. The number of hydrogen-bond donors (Lipinski definition) is 1. The van der Waals surface area contributed by atoms with E-state index in [1.807, 2.05) is 6.92 Å². The fourth-order valence-electron chi connectivity index (χ4n) is 3.92. The minimum atomic E-state index is -0.676. The number of benzene rings is 2. The Morgan fingerprint density at radius 1 is 1.03 bits per heavy atom. The molecule has 2 aromatic rings. The van der Waals surface area contributed by atoms with Crippen LogP contribution in [0.25, 0.3) is 0 Å². The average Bonchev–Trinajstić information content (AvgIpc) is 2.80. The van der Waals surface area contributed by atoms with Crippen molar-refractivity contribution >= 4 is 46.6 Å². The number of carbonyl (C=O) groups excluding carboxylic acids is 2. The number of nitrogens with one attached hydrogen (secondary N) is 1. The molecule has 0 radical (unpaired) electrons. The molecule has 1 saturated carbocycles. The number of amides is 2. The standard InChI is InChI=1S/C25H29Cl3N2O3/c1-16-12-20(9-11-21(16)26)33-15-24(31)30(14-18-8-10-22(27)23(28)13-18)17(2)25(32)29-19-6-4-3-5-7-19/h8-13,17,19H,3-7,14-15H2,1-2H3,(H,29,32). The summed E-state index contributed by atoms with van der Waals surface area (Å²) in [7, 11) is 0. The second-order valence-corrected chi connectivity index (χ2v) is 9.71. The van der Waals surface area contributed by atoms with Crippen LogP contribution < -0.4 is 10.1 Å². The van der Waals surface area contributed by atoms with Gasteiger partial charge in [-0.3, -0.25) is 9.59 Å². The molecule has 1 fully saturated rings. The van der Waals surface area contributed by atoms with E-state index in [9.17, 15) is 9.59 Å². The lowest BCUT2D eigenvalue weighted by molar-refractivity contribution is -0.142. The fraction of sp³-hybridized carbons (Fsp3) is 0.440. The van der Waals surface area contributed by atoms with E-state index in [1.54, 1.807) is 43.3 Å². The third kappa shape index (κ3) is 7.26. The van der Waals surface area contributed by atoms with Crippen LogP contribution in [-0.2, 0) is 16.1 Å². The fourth-order valence-corrected chi connectivity index (χ4v) is 4.36. The van der Waals surface area contributed by atoms with Crippen LogP contribution in [0.2, 0.25) is 15.1 Å². The molecule has 0 saturated heterocycles. The smallest absolute Gasteiger partial charge is 0.261 e. The molecule has 178 valence electrons. The summed E-state index contributed by atoms with van der Waals surface area (Å²) in [5.41, 5.74) is 1.63. The van der Waals surface area contributed by atoms with Crippen LogP contribution in [0.4, 0.5) is 0 Å². The number of nitrogens with zero attached hydrogens (tertiary/aromatic N) is 1. The van der Waals surface area contributed by atoms with Gasteiger partial charge in [-0.2, -0.15) is 0 Å². The number of carbonyl (C=O) groups is 2. The topological polar surface area (TPSA) is 58.6 Å². The molecule has 0 heterocycles. The van der Waals surface area contributed by atoms with E-state index in [4.69, 9.17) is 39.5 Å². The van der Waals surface area contributed by atoms with Gasteiger partial charge >= 0.3 is 0 Å². The van der Waals surface area contributed by atoms with Gasteiger partial charge in [0.25, 0.3) is 5.91 Å². The van der Waals surface area contributed by atoms with Crippen LogP contribution in [0.5, 0.6) is 5.75 Å². The molecule has 5 nitrogen and oxygen atoms in total. The van der Waals surface area contributed by atoms with E-state index in [0.717, 1.165) is 36.8 Å². The Morgan fingerprint density at radius 2 is 1.73 bits per heavy atom. The Hall–Kier alpha value is -1.95. The van der Waals surface area contributed by atoms with E-state index >= 15 is 0 Å². The molecule has 1 aliphatic rings. The molecule has 0 aliphatic heterocycles. The Bertz CT molecular complexity index is 993. The molecule has 0 aromatic heterocycles. The number of halogens is 3. The summed E-state index contributed by atoms with van der Waals surface area (Å²) in [5, 5.41) is 4.57. The lowest BCUT2D eigenvalue weighted by Crippen LogP contribution is -2.51. The molecule has 0 spiro atoms. The molecule has 0 bridgehead atoms. The summed E-state index contributed by atoms with van der Waals surface area (Å²) >= 11 is 18.3. The second kappa shape index (κ2) is 12.0. The van der Waals surface area contributed by atoms with Crippen molar-refractivity contribution in [2.24, 2.45) is 0 Å². The third-order valence-corrected chi connectivity index (χ3v) is 7.11. The van der Waals surface area contributed by atoms with Crippen molar-refractivity contribution in [3.05, 3.63) is 62.6 Å². The Morgan fingerprint density at radius 3 is 2.39 bits per heavy atom. The zero-order valence-corrected chi connectivity index (χ0v) is 21.1. The third-order valence-electron chi connectivity index (χ3n) is 5.95. The van der Waals surface area contributed by atoms with E-state index in [1.165, 1.54) is 11.3 Å². The van der Waals surface area contributed by atoms with Gasteiger partial charge in [-0.1, -0.05) is 60.1 Å². The normalized spacial score (nSPS) is 15.1. The maximum absolute atomic E-state index is 13.2. The van der Waals surface area contributed by atoms with Crippen molar-refractivity contribution in [2.75, 3.05) is 6.61 Å². The van der Waals surface area contributed by atoms with Crippen molar-refractivity contribution in [1.29, 1.82) is 0 Å². The molecule has 2 amide bonds. The molecule has 1 aliphatic carbocycles. The molecule has 33 heavy (non-hydrogen) atoms. The van der Waals surface area contributed by atoms with Crippen molar-refractivity contribution in [3.8, 4) is 5.75 Å². The molecular weight excluding hydrogens is 483 g/mol. The summed E-state index contributed by atoms with van der Waals surface area (Å²) in [4.78, 5) is 27.7. The minimum Gasteiger partial charge on any atom is -0.484 e. The first-order valence-corrected chi connectivity index (χ1v) is 12.3. The van der Waals surface area contributed by atoms with Crippen LogP contribution in [0, 0.1) is 6.92 Å². The number of rotatable bonds is 8. The van der Waals surface area contributed by atoms with Gasteiger partial charge in [0.2, 0.25) is 5.91 Å². The minimum absolute atomic E-state index is 0.156. The van der Waals surface area contributed by atoms with Gasteiger partial charge in [0.05, 0.1) is 10.0 Å². The summed E-state index contributed by atoms with van der Waals surface area (Å²) in [6.07, 6.45) is 5.36. The maximum atomic E-state index is 13.2. The molecule has 2 aromatic carbocycles. The van der Waals surface area contributed by atoms with Crippen LogP contribution in [0.1, 0.15) is 50.2 Å². The molecule has 1 unspecified atom stereocenters. The number of ether oxygens (including phenoxy) is 1. The van der Waals surface area contributed by atoms with Crippen molar-refractivity contribution < 1.29 is 14.3 Å². The van der Waals surface area contributed by atoms with Crippen molar-refractivity contribution in [1.82, 2.24) is 10.2 Å². The lowest BCUT2D eigenvalue weighted by atomic mass is 9.95. The van der Waals surface area contributed by atoms with Gasteiger partial charge < -0.3 is 15.0 Å². The summed E-state index contributed by atoms with van der Waals surface area (Å²) in [5.74, 6) is 0.0664. The number of hydrogen-bond acceptors (Lipinski definition) is 3. The van der Waals surface area contributed by atoms with E-state index in [0.29, 0.717) is 20.8 Å². The van der Waals surface area contributed by atoms with Gasteiger partial charge in [0.1, 0.15) is 11.8 Å². The van der Waals surface area contributed by atoms with E-state index in [-0.39, 0.29) is 31.0 Å². The molecule has 8 heteroatoms. The molecular formula is C25H29Cl3N2O3. The van der Waals surface area contributed by atoms with Gasteiger partial charge in [0.15, 0.2) is 6.61 Å². The summed E-state index contributed by atoms with van der Waals surface area (Å²) < 4.78 is 5.72. The summed E-state index contributed by atoms with van der Waals surface area (Å²) in [6, 6.07) is 9.88. The first-order chi connectivity index (χ1) is 15.7. The van der Waals surface area contributed by atoms with Gasteiger partial charge in [-0.25, -0.2) is 0 Å². The highest BCUT2D eigenvalue weighted by molar-refractivity contribution is 6.42. The van der Waals surface area contributed by atoms with E-state index in [2.05, 4.69) is 5.32 Å². The highest BCUT2D eigenvalue weighted by Gasteiger charge is 2.28. The quantitative estimate of drug-likeness (QED) is 0.459. The van der Waals surface area contributed by atoms with Gasteiger partial charge in [-0.15, -0.1) is 0 Å². The van der Waals surface area contributed by atoms with Crippen LogP contribution in [0.3, 0.4) is 0 Å². The van der Waals surface area contributed by atoms with Crippen LogP contribution >= 0.6 is 34.8 Å². The average molecular weight is 512 g/mol. The lowest BCUT2D eigenvalue weighted by Gasteiger charge is -2.31. The SMILES string of the molecule is Cc1cc(OCC(=O)N(Cc2ccc(Cl)c(Cl)c2)C(C)C(=O)NC2CCCCC2)ccc1Cl. The van der Waals surface area contributed by atoms with Gasteiger partial charge in [-0.05, 0) is 68.1 Å². The van der Waals surface area contributed by atoms with Crippen molar-refractivity contribution in [2.45, 2.75) is 64.6 Å². The predicted octanol–water partition coefficient (Wildman–Crippen LogP) is 6.20. The first-order valence-electron chi connectivity index (χ1n) is 11.2. The Labute approximate surface area is 210 Å². The van der Waals surface area contributed by atoms with Crippen LogP contribution in [0.15, 0.2) is 36.4 Å². The zero-order valence-electron chi connectivity index (χ0n) is 18.9. The second-order valence-electron chi connectivity index (χ2n) is 8.49. The first kappa shape index (κ1) is 25.7. The maximum Gasteiger partial charge on any atom is 0.261 e. The number of aryl methyl sites for hydroxylation is 1. The van der Waals surface area contributed by atoms with Crippen molar-refractivity contribution in [3.63, 3.8) is 0 Å². The highest BCUT2D eigenvalue weighted by atomic mass is 35.5. The van der Waals surface area contributed by atoms with E-state index < -0.39 is 6.04 Å². The Balaban J connectivity index is 1.73. The predicted molar refractivity (Wildman–Crippen MR) is 133 cm³/mol. The van der Waals surface area contributed by atoms with Gasteiger partial charge in [0, 0.05) is 17.6 Å². The summed E-state index contributed by atoms with van der Waals surface area (Å²) in [6.45, 7) is 3.60. The monoisotopic (exact) mass is 510 g/mol. The van der Waals surface area contributed by atoms with Crippen LogP contribution in [-0.4, -0.2) is 35.4 Å². The zero-order chi connectivity index (χ0) is 24.0. The highest BCUT2D eigenvalue weighted by Crippen LogP contribution is 2.25. The largest absolute Gasteiger partial charge is 0.484 e.